The molecule has 2 heterocycles. The molecule has 2 aliphatic rings. The van der Waals surface area contributed by atoms with Crippen molar-refractivity contribution in [2.45, 2.75) is 19.4 Å². The van der Waals surface area contributed by atoms with Gasteiger partial charge in [-0.25, -0.2) is 0 Å². The number of anilines is 1. The Bertz CT molecular complexity index is 948. The minimum atomic E-state index is -0.473. The number of nitrogens with zero attached hydrogens (tertiary/aromatic N) is 2. The number of amides is 4. The van der Waals surface area contributed by atoms with E-state index < -0.39 is 17.7 Å². The number of hydrogen-bond donors (Lipinski definition) is 1. The van der Waals surface area contributed by atoms with Gasteiger partial charge in [-0.05, 0) is 31.2 Å². The van der Waals surface area contributed by atoms with Crippen molar-refractivity contribution in [1.29, 1.82) is 0 Å². The van der Waals surface area contributed by atoms with Crippen LogP contribution in [0.15, 0.2) is 48.5 Å². The average Bonchev–Trinajstić information content (AvgIpc) is 3.15. The van der Waals surface area contributed by atoms with Gasteiger partial charge in [0.25, 0.3) is 11.8 Å². The van der Waals surface area contributed by atoms with Gasteiger partial charge in [-0.15, -0.1) is 0 Å². The first-order chi connectivity index (χ1) is 13.4. The van der Waals surface area contributed by atoms with Crippen LogP contribution in [0.1, 0.15) is 32.7 Å². The third-order valence-corrected chi connectivity index (χ3v) is 5.02. The molecule has 7 nitrogen and oxygen atoms in total. The van der Waals surface area contributed by atoms with E-state index >= 15 is 0 Å². The Labute approximate surface area is 161 Å². The summed E-state index contributed by atoms with van der Waals surface area (Å²) in [7, 11) is 0. The topological polar surface area (TPSA) is 86.8 Å². The van der Waals surface area contributed by atoms with Gasteiger partial charge in [0.05, 0.1) is 17.2 Å². The van der Waals surface area contributed by atoms with E-state index in [0.29, 0.717) is 17.7 Å². The summed E-state index contributed by atoms with van der Waals surface area (Å²) in [5, 5.41) is 2.77. The molecule has 0 radical (unpaired) electrons. The highest BCUT2D eigenvalue weighted by Gasteiger charge is 2.37. The largest absolute Gasteiger partial charge is 0.349 e. The molecule has 4 amide bonds. The van der Waals surface area contributed by atoms with Crippen molar-refractivity contribution in [2.24, 2.45) is 0 Å². The summed E-state index contributed by atoms with van der Waals surface area (Å²) in [6.07, 6.45) is 0.182. The highest BCUT2D eigenvalue weighted by Crippen LogP contribution is 2.23. The Morgan fingerprint density at radius 1 is 1.00 bits per heavy atom. The van der Waals surface area contributed by atoms with Crippen molar-refractivity contribution in [3.63, 3.8) is 0 Å². The first-order valence-electron chi connectivity index (χ1n) is 9.05. The first kappa shape index (κ1) is 17.9. The standard InChI is InChI=1S/C21H19N3O4/c1-13-6-8-15(9-7-13)23-11-14(10-19(23)26)22-18(25)12-24-20(27)16-4-2-3-5-17(16)21(24)28/h2-9,14H,10-12H2,1H3,(H,22,25)/t14-/m0/s1. The third kappa shape index (κ3) is 3.15. The van der Waals surface area contributed by atoms with Crippen LogP contribution >= 0.6 is 0 Å². The van der Waals surface area contributed by atoms with Crippen LogP contribution in [-0.2, 0) is 9.59 Å². The Kier molecular flexibility index (Phi) is 4.43. The van der Waals surface area contributed by atoms with E-state index in [1.54, 1.807) is 29.2 Å². The Morgan fingerprint density at radius 2 is 1.61 bits per heavy atom. The van der Waals surface area contributed by atoms with Crippen molar-refractivity contribution in [3.05, 3.63) is 65.2 Å². The predicted molar refractivity (Wildman–Crippen MR) is 102 cm³/mol. The molecule has 2 aromatic rings. The second-order valence-corrected chi connectivity index (χ2v) is 7.05. The molecule has 0 saturated carbocycles. The van der Waals surface area contributed by atoms with Crippen LogP contribution in [0.4, 0.5) is 5.69 Å². The summed E-state index contributed by atoms with van der Waals surface area (Å²) in [5.41, 5.74) is 2.50. The number of imide groups is 1. The Balaban J connectivity index is 1.39. The van der Waals surface area contributed by atoms with E-state index in [2.05, 4.69) is 5.32 Å². The molecule has 0 unspecified atom stereocenters. The van der Waals surface area contributed by atoms with Gasteiger partial charge in [-0.1, -0.05) is 29.8 Å². The van der Waals surface area contributed by atoms with Gasteiger partial charge in [0.2, 0.25) is 11.8 Å². The van der Waals surface area contributed by atoms with Gasteiger partial charge in [0.15, 0.2) is 0 Å². The normalized spacial score (nSPS) is 18.6. The van der Waals surface area contributed by atoms with E-state index in [-0.39, 0.29) is 24.9 Å². The molecule has 1 fully saturated rings. The molecule has 1 N–H and O–H groups in total. The fourth-order valence-corrected chi connectivity index (χ4v) is 3.58. The molecule has 4 rings (SSSR count). The van der Waals surface area contributed by atoms with Crippen LogP contribution < -0.4 is 10.2 Å². The Morgan fingerprint density at radius 3 is 2.21 bits per heavy atom. The van der Waals surface area contributed by atoms with Crippen LogP contribution in [0.5, 0.6) is 0 Å². The fourth-order valence-electron chi connectivity index (χ4n) is 3.58. The maximum Gasteiger partial charge on any atom is 0.262 e. The van der Waals surface area contributed by atoms with Crippen molar-refractivity contribution >= 4 is 29.3 Å². The molecular formula is C21H19N3O4. The zero-order valence-corrected chi connectivity index (χ0v) is 15.3. The lowest BCUT2D eigenvalue weighted by Gasteiger charge is -2.18. The number of nitrogens with one attached hydrogen (secondary N) is 1. The maximum absolute atomic E-state index is 12.4. The zero-order chi connectivity index (χ0) is 19.8. The lowest BCUT2D eigenvalue weighted by atomic mass is 10.1. The number of carbonyl (C=O) groups is 4. The van der Waals surface area contributed by atoms with E-state index in [9.17, 15) is 19.2 Å². The van der Waals surface area contributed by atoms with Crippen LogP contribution in [0.3, 0.4) is 0 Å². The second-order valence-electron chi connectivity index (χ2n) is 7.05. The average molecular weight is 377 g/mol. The zero-order valence-electron chi connectivity index (χ0n) is 15.3. The highest BCUT2D eigenvalue weighted by atomic mass is 16.2. The molecule has 2 aliphatic heterocycles. The summed E-state index contributed by atoms with van der Waals surface area (Å²) >= 11 is 0. The monoisotopic (exact) mass is 377 g/mol. The lowest BCUT2D eigenvalue weighted by Crippen LogP contribution is -2.44. The Hall–Kier alpha value is -3.48. The molecule has 0 bridgehead atoms. The summed E-state index contributed by atoms with van der Waals surface area (Å²) in [4.78, 5) is 52.0. The molecule has 0 spiro atoms. The predicted octanol–water partition coefficient (Wildman–Crippen LogP) is 1.51. The molecule has 1 atom stereocenters. The van der Waals surface area contributed by atoms with E-state index in [0.717, 1.165) is 16.2 Å². The van der Waals surface area contributed by atoms with Crippen LogP contribution in [0.25, 0.3) is 0 Å². The SMILES string of the molecule is Cc1ccc(N2C[C@@H](NC(=O)CN3C(=O)c4ccccc4C3=O)CC2=O)cc1. The molecule has 0 aromatic heterocycles. The molecule has 2 aromatic carbocycles. The van der Waals surface area contributed by atoms with Crippen LogP contribution in [-0.4, -0.2) is 47.7 Å². The number of benzene rings is 2. The summed E-state index contributed by atoms with van der Waals surface area (Å²) in [6.45, 7) is 1.97. The van der Waals surface area contributed by atoms with Crippen LogP contribution in [0.2, 0.25) is 0 Å². The van der Waals surface area contributed by atoms with E-state index in [4.69, 9.17) is 0 Å². The number of aryl methyl sites for hydroxylation is 1. The van der Waals surface area contributed by atoms with E-state index in [1.807, 2.05) is 31.2 Å². The minimum absolute atomic E-state index is 0.0742. The molecule has 1 saturated heterocycles. The van der Waals surface area contributed by atoms with Crippen molar-refractivity contribution in [2.75, 3.05) is 18.0 Å². The summed E-state index contributed by atoms with van der Waals surface area (Å²) < 4.78 is 0. The lowest BCUT2D eigenvalue weighted by molar-refractivity contribution is -0.122. The number of rotatable bonds is 4. The molecule has 142 valence electrons. The molecule has 0 aliphatic carbocycles. The van der Waals surface area contributed by atoms with Gasteiger partial charge >= 0.3 is 0 Å². The number of hydrogen-bond acceptors (Lipinski definition) is 4. The van der Waals surface area contributed by atoms with Gasteiger partial charge in [-0.2, -0.15) is 0 Å². The molecule has 28 heavy (non-hydrogen) atoms. The van der Waals surface area contributed by atoms with Crippen molar-refractivity contribution < 1.29 is 19.2 Å². The van der Waals surface area contributed by atoms with Crippen molar-refractivity contribution in [3.8, 4) is 0 Å². The fraction of sp³-hybridized carbons (Fsp3) is 0.238. The second kappa shape index (κ2) is 6.92. The highest BCUT2D eigenvalue weighted by molar-refractivity contribution is 6.22. The van der Waals surface area contributed by atoms with Gasteiger partial charge in [-0.3, -0.25) is 24.1 Å². The number of carbonyl (C=O) groups excluding carboxylic acids is 4. The van der Waals surface area contributed by atoms with Gasteiger partial charge in [0, 0.05) is 18.7 Å². The van der Waals surface area contributed by atoms with Gasteiger partial charge < -0.3 is 10.2 Å². The third-order valence-electron chi connectivity index (χ3n) is 5.02. The number of fused-ring (bicyclic) bond motifs is 1. The minimum Gasteiger partial charge on any atom is -0.349 e. The summed E-state index contributed by atoms with van der Waals surface area (Å²) in [5.74, 6) is -1.48. The summed E-state index contributed by atoms with van der Waals surface area (Å²) in [6, 6.07) is 13.7. The quantitative estimate of drug-likeness (QED) is 0.819. The maximum atomic E-state index is 12.4. The van der Waals surface area contributed by atoms with Crippen molar-refractivity contribution in [1.82, 2.24) is 10.2 Å². The van der Waals surface area contributed by atoms with Crippen LogP contribution in [0, 0.1) is 6.92 Å². The van der Waals surface area contributed by atoms with Gasteiger partial charge in [0.1, 0.15) is 6.54 Å². The molecule has 7 heteroatoms. The molecular weight excluding hydrogens is 358 g/mol. The smallest absolute Gasteiger partial charge is 0.262 e. The van der Waals surface area contributed by atoms with E-state index in [1.165, 1.54) is 0 Å². The first-order valence-corrected chi connectivity index (χ1v) is 9.05.